The summed E-state index contributed by atoms with van der Waals surface area (Å²) in [5.74, 6) is -4.83. The van der Waals surface area contributed by atoms with Crippen LogP contribution in [0.3, 0.4) is 0 Å². The Hall–Kier alpha value is -2.14. The maximum Gasteiger partial charge on any atom is 0.416 e. The number of nitrogens with one attached hydrogen (secondary N) is 1. The van der Waals surface area contributed by atoms with Gasteiger partial charge in [-0.25, -0.2) is 26.3 Å². The Morgan fingerprint density at radius 1 is 1.16 bits per heavy atom. The molecule has 11 heteroatoms. The first-order chi connectivity index (χ1) is 11.4. The second-order valence-corrected chi connectivity index (χ2v) is 6.70. The molecule has 0 aliphatic carbocycles. The molecule has 1 N–H and O–H groups in total. The van der Waals surface area contributed by atoms with Gasteiger partial charge in [0.15, 0.2) is 11.6 Å². The van der Waals surface area contributed by atoms with E-state index in [9.17, 15) is 34.8 Å². The van der Waals surface area contributed by atoms with Gasteiger partial charge in [0.05, 0.1) is 5.56 Å². The van der Waals surface area contributed by atoms with E-state index < -0.39 is 61.8 Å². The van der Waals surface area contributed by atoms with Crippen molar-refractivity contribution in [3.63, 3.8) is 0 Å². The van der Waals surface area contributed by atoms with Gasteiger partial charge in [-0.05, 0) is 24.6 Å². The number of alkyl halides is 3. The van der Waals surface area contributed by atoms with Crippen LogP contribution < -0.4 is 4.72 Å². The van der Waals surface area contributed by atoms with Crippen LogP contribution in [0, 0.1) is 24.4 Å². The molecule has 0 fully saturated rings. The van der Waals surface area contributed by atoms with Crippen molar-refractivity contribution >= 4 is 10.0 Å². The molecule has 1 heterocycles. The maximum atomic E-state index is 13.8. The molecule has 2 aromatic rings. The summed E-state index contributed by atoms with van der Waals surface area (Å²) in [6.07, 6.45) is -3.12. The fourth-order valence-electron chi connectivity index (χ4n) is 1.95. The Labute approximate surface area is 138 Å². The first-order valence-electron chi connectivity index (χ1n) is 6.59. The van der Waals surface area contributed by atoms with Crippen LogP contribution in [-0.2, 0) is 22.7 Å². The fourth-order valence-corrected chi connectivity index (χ4v) is 3.04. The highest BCUT2D eigenvalue weighted by Crippen LogP contribution is 2.31. The predicted octanol–water partition coefficient (Wildman–Crippen LogP) is 3.30. The molecule has 0 amide bonds. The molecule has 1 aromatic carbocycles. The predicted molar refractivity (Wildman–Crippen MR) is 74.3 cm³/mol. The minimum Gasteiger partial charge on any atom is -0.264 e. The molecule has 0 aliphatic rings. The lowest BCUT2D eigenvalue weighted by atomic mass is 10.1. The molecule has 0 aliphatic heterocycles. The average Bonchev–Trinajstić information content (AvgIpc) is 2.53. The number of nitrogens with zero attached hydrogens (tertiary/aromatic N) is 1. The summed E-state index contributed by atoms with van der Waals surface area (Å²) in [6.45, 7) is 0.00436. The van der Waals surface area contributed by atoms with Crippen LogP contribution in [0.2, 0.25) is 0 Å². The van der Waals surface area contributed by atoms with Crippen molar-refractivity contribution < 1.29 is 34.8 Å². The smallest absolute Gasteiger partial charge is 0.264 e. The number of pyridine rings is 1. The van der Waals surface area contributed by atoms with E-state index in [1.165, 1.54) is 0 Å². The third-order valence-electron chi connectivity index (χ3n) is 3.31. The lowest BCUT2D eigenvalue weighted by molar-refractivity contribution is -0.138. The number of rotatable bonds is 4. The van der Waals surface area contributed by atoms with E-state index in [2.05, 4.69) is 4.98 Å². The highest BCUT2D eigenvalue weighted by molar-refractivity contribution is 7.89. The van der Waals surface area contributed by atoms with Gasteiger partial charge in [0.1, 0.15) is 10.7 Å². The lowest BCUT2D eigenvalue weighted by Gasteiger charge is -2.13. The molecular formula is C14H10F6N2O2S. The standard InChI is InChI=1S/C14H10F6N2O2S/c1-7-10(15)4-11(13(17)12(7)16)25(23,24)22-6-8-5-21-3-2-9(8)14(18,19)20/h2-5,22H,6H2,1H3. The van der Waals surface area contributed by atoms with Gasteiger partial charge in [0.25, 0.3) is 0 Å². The number of aromatic nitrogens is 1. The largest absolute Gasteiger partial charge is 0.416 e. The van der Waals surface area contributed by atoms with Crippen LogP contribution in [0.25, 0.3) is 0 Å². The van der Waals surface area contributed by atoms with Gasteiger partial charge in [0, 0.05) is 24.5 Å². The van der Waals surface area contributed by atoms with Crippen LogP contribution in [0.15, 0.2) is 29.4 Å². The topological polar surface area (TPSA) is 59.1 Å². The molecule has 2 rings (SSSR count). The zero-order valence-corrected chi connectivity index (χ0v) is 13.3. The zero-order valence-electron chi connectivity index (χ0n) is 12.5. The third-order valence-corrected chi connectivity index (χ3v) is 4.71. The van der Waals surface area contributed by atoms with Crippen LogP contribution in [0.5, 0.6) is 0 Å². The number of hydrogen-bond acceptors (Lipinski definition) is 3. The van der Waals surface area contributed by atoms with E-state index >= 15 is 0 Å². The van der Waals surface area contributed by atoms with Crippen molar-refractivity contribution in [3.8, 4) is 0 Å². The fraction of sp³-hybridized carbons (Fsp3) is 0.214. The summed E-state index contributed by atoms with van der Waals surface area (Å²) in [4.78, 5) is 2.12. The van der Waals surface area contributed by atoms with Crippen molar-refractivity contribution in [2.75, 3.05) is 0 Å². The molecule has 0 unspecified atom stereocenters. The van der Waals surface area contributed by atoms with Crippen LogP contribution >= 0.6 is 0 Å². The Kier molecular flexibility index (Phi) is 5.09. The Morgan fingerprint density at radius 3 is 2.40 bits per heavy atom. The van der Waals surface area contributed by atoms with Crippen molar-refractivity contribution in [1.29, 1.82) is 0 Å². The molecule has 0 atom stereocenters. The Balaban J connectivity index is 2.37. The summed E-state index contributed by atoms with van der Waals surface area (Å²) in [5.41, 5.74) is -2.40. The number of hydrogen-bond donors (Lipinski definition) is 1. The van der Waals surface area contributed by atoms with E-state index in [4.69, 9.17) is 0 Å². The van der Waals surface area contributed by atoms with Crippen LogP contribution in [0.4, 0.5) is 26.3 Å². The lowest BCUT2D eigenvalue weighted by Crippen LogP contribution is -2.26. The number of benzene rings is 1. The minimum atomic E-state index is -4.81. The molecule has 0 spiro atoms. The highest BCUT2D eigenvalue weighted by atomic mass is 32.2. The molecular weight excluding hydrogens is 374 g/mol. The molecule has 0 saturated heterocycles. The van der Waals surface area contributed by atoms with Crippen LogP contribution in [0.1, 0.15) is 16.7 Å². The van der Waals surface area contributed by atoms with E-state index in [0.29, 0.717) is 6.07 Å². The summed E-state index contributed by atoms with van der Waals surface area (Å²) < 4.78 is 105. The third kappa shape index (κ3) is 3.93. The second kappa shape index (κ2) is 6.64. The van der Waals surface area contributed by atoms with Crippen LogP contribution in [-0.4, -0.2) is 13.4 Å². The number of sulfonamides is 1. The van der Waals surface area contributed by atoms with Gasteiger partial charge in [-0.2, -0.15) is 13.2 Å². The van der Waals surface area contributed by atoms with Crippen molar-refractivity contribution in [2.24, 2.45) is 0 Å². The van der Waals surface area contributed by atoms with Crippen molar-refractivity contribution in [3.05, 3.63) is 58.7 Å². The summed E-state index contributed by atoms with van der Waals surface area (Å²) in [7, 11) is -4.81. The first kappa shape index (κ1) is 19.2. The van der Waals surface area contributed by atoms with E-state index in [1.807, 2.05) is 0 Å². The van der Waals surface area contributed by atoms with Gasteiger partial charge < -0.3 is 0 Å². The summed E-state index contributed by atoms with van der Waals surface area (Å²) >= 11 is 0. The Morgan fingerprint density at radius 2 is 1.80 bits per heavy atom. The minimum absolute atomic E-state index is 0.254. The zero-order chi connectivity index (χ0) is 19.0. The van der Waals surface area contributed by atoms with Gasteiger partial charge in [-0.15, -0.1) is 0 Å². The van der Waals surface area contributed by atoms with E-state index in [0.717, 1.165) is 19.3 Å². The van der Waals surface area contributed by atoms with Gasteiger partial charge in [-0.1, -0.05) is 0 Å². The number of halogens is 6. The second-order valence-electron chi connectivity index (χ2n) is 4.96. The highest BCUT2D eigenvalue weighted by Gasteiger charge is 2.34. The maximum absolute atomic E-state index is 13.8. The molecule has 0 saturated carbocycles. The monoisotopic (exact) mass is 384 g/mol. The van der Waals surface area contributed by atoms with Crippen molar-refractivity contribution in [2.45, 2.75) is 24.5 Å². The molecule has 136 valence electrons. The SMILES string of the molecule is Cc1c(F)cc(S(=O)(=O)NCc2cnccc2C(F)(F)F)c(F)c1F. The molecule has 4 nitrogen and oxygen atoms in total. The Bertz CT molecular complexity index is 912. The van der Waals surface area contributed by atoms with E-state index in [1.54, 1.807) is 4.72 Å². The molecule has 0 radical (unpaired) electrons. The van der Waals surface area contributed by atoms with Gasteiger partial charge in [-0.3, -0.25) is 4.98 Å². The van der Waals surface area contributed by atoms with Crippen molar-refractivity contribution in [1.82, 2.24) is 9.71 Å². The summed E-state index contributed by atoms with van der Waals surface area (Å²) in [6, 6.07) is 0.888. The quantitative estimate of drug-likeness (QED) is 0.650. The normalized spacial score (nSPS) is 12.4. The summed E-state index contributed by atoms with van der Waals surface area (Å²) in [5, 5.41) is 0. The molecule has 25 heavy (non-hydrogen) atoms. The van der Waals surface area contributed by atoms with Gasteiger partial charge in [0.2, 0.25) is 10.0 Å². The van der Waals surface area contributed by atoms with Gasteiger partial charge >= 0.3 is 6.18 Å². The first-order valence-corrected chi connectivity index (χ1v) is 8.07. The molecule has 1 aromatic heterocycles. The van der Waals surface area contributed by atoms with E-state index in [-0.39, 0.29) is 6.07 Å². The molecule has 0 bridgehead atoms. The average molecular weight is 384 g/mol.